The minimum atomic E-state index is -3.25. The number of rotatable bonds is 4. The van der Waals surface area contributed by atoms with Crippen molar-refractivity contribution in [2.75, 3.05) is 50.5 Å². The van der Waals surface area contributed by atoms with E-state index >= 15 is 0 Å². The van der Waals surface area contributed by atoms with Crippen molar-refractivity contribution in [2.24, 2.45) is 0 Å². The van der Waals surface area contributed by atoms with Gasteiger partial charge >= 0.3 is 0 Å². The summed E-state index contributed by atoms with van der Waals surface area (Å²) in [7, 11) is -3.25. The van der Waals surface area contributed by atoms with E-state index in [1.807, 2.05) is 22.9 Å². The molecule has 2 aliphatic rings. The van der Waals surface area contributed by atoms with Crippen LogP contribution in [-0.4, -0.2) is 88.3 Å². The number of aromatic amines is 1. The predicted molar refractivity (Wildman–Crippen MR) is 124 cm³/mol. The van der Waals surface area contributed by atoms with Crippen LogP contribution in [-0.2, 0) is 14.8 Å². The van der Waals surface area contributed by atoms with Gasteiger partial charge in [0.2, 0.25) is 16.0 Å². The van der Waals surface area contributed by atoms with E-state index in [2.05, 4.69) is 20.2 Å². The molecule has 0 aliphatic carbocycles. The second kappa shape index (κ2) is 7.75. The van der Waals surface area contributed by atoms with Gasteiger partial charge in [0.15, 0.2) is 5.65 Å². The standard InChI is InChI=1S/C21H24N8O3S/c1-33(30,31)28-6-5-14(13-28)29-20-17(12-23-29)19(15-3-2-4-18-16(15)11-22-26-18)24-21(25-20)27-7-9-32-10-8-27/h2-4,11-12,14H,5-10,13H2,1H3,(H,22,26). The number of hydrogen-bond acceptors (Lipinski definition) is 8. The van der Waals surface area contributed by atoms with E-state index in [1.165, 1.54) is 10.6 Å². The molecular weight excluding hydrogens is 444 g/mol. The molecule has 1 atom stereocenters. The summed E-state index contributed by atoms with van der Waals surface area (Å²) in [6, 6.07) is 5.90. The molecule has 11 nitrogen and oxygen atoms in total. The number of fused-ring (bicyclic) bond motifs is 2. The van der Waals surface area contributed by atoms with E-state index in [4.69, 9.17) is 14.7 Å². The van der Waals surface area contributed by atoms with Gasteiger partial charge in [-0.25, -0.2) is 18.1 Å². The first-order valence-corrected chi connectivity index (χ1v) is 12.8. The van der Waals surface area contributed by atoms with Gasteiger partial charge in [0.05, 0.1) is 54.5 Å². The summed E-state index contributed by atoms with van der Waals surface area (Å²) in [5.74, 6) is 0.626. The molecule has 3 aromatic heterocycles. The third kappa shape index (κ3) is 3.54. The lowest BCUT2D eigenvalue weighted by Gasteiger charge is -2.27. The fraction of sp³-hybridized carbons (Fsp3) is 0.429. The van der Waals surface area contributed by atoms with Crippen LogP contribution in [0.2, 0.25) is 0 Å². The SMILES string of the molecule is CS(=O)(=O)N1CCC(n2ncc3c(-c4cccc5[nH]ncc45)nc(N4CCOCC4)nc32)C1. The average molecular weight is 469 g/mol. The molecule has 1 N–H and O–H groups in total. The monoisotopic (exact) mass is 468 g/mol. The molecule has 12 heteroatoms. The first-order valence-electron chi connectivity index (χ1n) is 10.9. The van der Waals surface area contributed by atoms with Crippen molar-refractivity contribution in [3.63, 3.8) is 0 Å². The Bertz CT molecular complexity index is 1440. The van der Waals surface area contributed by atoms with Crippen molar-refractivity contribution < 1.29 is 13.2 Å². The Labute approximate surface area is 190 Å². The summed E-state index contributed by atoms with van der Waals surface area (Å²) >= 11 is 0. The van der Waals surface area contributed by atoms with Gasteiger partial charge in [0.25, 0.3) is 0 Å². The fourth-order valence-corrected chi connectivity index (χ4v) is 5.56. The summed E-state index contributed by atoms with van der Waals surface area (Å²) in [6.45, 7) is 3.53. The third-order valence-electron chi connectivity index (χ3n) is 6.42. The average Bonchev–Trinajstić information content (AvgIpc) is 3.57. The number of H-pyrrole nitrogens is 1. The van der Waals surface area contributed by atoms with E-state index in [1.54, 1.807) is 12.4 Å². The van der Waals surface area contributed by atoms with Gasteiger partial charge in [-0.3, -0.25) is 5.10 Å². The molecule has 0 spiro atoms. The zero-order chi connectivity index (χ0) is 22.6. The molecule has 2 fully saturated rings. The van der Waals surface area contributed by atoms with Gasteiger partial charge in [-0.05, 0) is 12.5 Å². The molecule has 172 valence electrons. The van der Waals surface area contributed by atoms with Crippen LogP contribution in [0.3, 0.4) is 0 Å². The van der Waals surface area contributed by atoms with E-state index in [0.717, 1.165) is 27.5 Å². The Kier molecular flexibility index (Phi) is 4.82. The van der Waals surface area contributed by atoms with Gasteiger partial charge in [-0.2, -0.15) is 19.5 Å². The van der Waals surface area contributed by atoms with Crippen molar-refractivity contribution in [3.8, 4) is 11.3 Å². The van der Waals surface area contributed by atoms with Gasteiger partial charge in [0, 0.05) is 37.1 Å². The highest BCUT2D eigenvalue weighted by Gasteiger charge is 2.32. The molecular formula is C21H24N8O3S. The van der Waals surface area contributed by atoms with E-state index in [0.29, 0.717) is 57.4 Å². The van der Waals surface area contributed by atoms with Crippen LogP contribution in [0.25, 0.3) is 33.2 Å². The molecule has 0 bridgehead atoms. The fourth-order valence-electron chi connectivity index (χ4n) is 4.68. The minimum Gasteiger partial charge on any atom is -0.378 e. The van der Waals surface area contributed by atoms with Crippen LogP contribution >= 0.6 is 0 Å². The molecule has 1 unspecified atom stereocenters. The van der Waals surface area contributed by atoms with Crippen molar-refractivity contribution in [1.29, 1.82) is 0 Å². The highest BCUT2D eigenvalue weighted by Crippen LogP contribution is 2.35. The first-order chi connectivity index (χ1) is 16.0. The third-order valence-corrected chi connectivity index (χ3v) is 7.69. The lowest BCUT2D eigenvalue weighted by Crippen LogP contribution is -2.37. The molecule has 6 rings (SSSR count). The van der Waals surface area contributed by atoms with Crippen molar-refractivity contribution >= 4 is 37.9 Å². The van der Waals surface area contributed by atoms with Crippen LogP contribution in [0.5, 0.6) is 0 Å². The second-order valence-electron chi connectivity index (χ2n) is 8.50. The smallest absolute Gasteiger partial charge is 0.228 e. The molecule has 0 saturated carbocycles. The molecule has 1 aromatic carbocycles. The molecule has 0 radical (unpaired) electrons. The van der Waals surface area contributed by atoms with Gasteiger partial charge in [-0.15, -0.1) is 0 Å². The number of aromatic nitrogens is 6. The van der Waals surface area contributed by atoms with Crippen molar-refractivity contribution in [2.45, 2.75) is 12.5 Å². The number of anilines is 1. The largest absolute Gasteiger partial charge is 0.378 e. The minimum absolute atomic E-state index is 0.0813. The molecule has 2 aliphatic heterocycles. The second-order valence-corrected chi connectivity index (χ2v) is 10.5. The number of sulfonamides is 1. The number of morpholine rings is 1. The highest BCUT2D eigenvalue weighted by atomic mass is 32.2. The Balaban J connectivity index is 1.52. The zero-order valence-corrected chi connectivity index (χ0v) is 19.0. The van der Waals surface area contributed by atoms with Crippen LogP contribution in [0.1, 0.15) is 12.5 Å². The normalized spacial score (nSPS) is 20.3. The topological polar surface area (TPSA) is 122 Å². The molecule has 4 aromatic rings. The number of hydrogen-bond donors (Lipinski definition) is 1. The van der Waals surface area contributed by atoms with Crippen LogP contribution in [0.15, 0.2) is 30.6 Å². The Hall–Kier alpha value is -3.09. The van der Waals surface area contributed by atoms with Crippen LogP contribution < -0.4 is 4.90 Å². The van der Waals surface area contributed by atoms with Gasteiger partial charge < -0.3 is 9.64 Å². The lowest BCUT2D eigenvalue weighted by atomic mass is 10.1. The maximum Gasteiger partial charge on any atom is 0.228 e. The number of nitrogens with one attached hydrogen (secondary N) is 1. The summed E-state index contributed by atoms with van der Waals surface area (Å²) in [4.78, 5) is 12.0. The van der Waals surface area contributed by atoms with Gasteiger partial charge in [-0.1, -0.05) is 12.1 Å². The van der Waals surface area contributed by atoms with Crippen molar-refractivity contribution in [1.82, 2.24) is 34.3 Å². The number of nitrogens with zero attached hydrogens (tertiary/aromatic N) is 7. The Morgan fingerprint density at radius 1 is 1.09 bits per heavy atom. The van der Waals surface area contributed by atoms with E-state index in [-0.39, 0.29) is 6.04 Å². The lowest BCUT2D eigenvalue weighted by molar-refractivity contribution is 0.122. The summed E-state index contributed by atoms with van der Waals surface area (Å²) in [5.41, 5.74) is 3.38. The summed E-state index contributed by atoms with van der Waals surface area (Å²) in [6.07, 6.45) is 5.53. The van der Waals surface area contributed by atoms with Crippen LogP contribution in [0.4, 0.5) is 5.95 Å². The maximum absolute atomic E-state index is 12.1. The molecule has 0 amide bonds. The Morgan fingerprint density at radius 3 is 2.73 bits per heavy atom. The Morgan fingerprint density at radius 2 is 1.94 bits per heavy atom. The number of ether oxygens (including phenoxy) is 1. The highest BCUT2D eigenvalue weighted by molar-refractivity contribution is 7.88. The molecule has 5 heterocycles. The maximum atomic E-state index is 12.1. The van der Waals surface area contributed by atoms with Gasteiger partial charge in [0.1, 0.15) is 0 Å². The van der Waals surface area contributed by atoms with E-state index in [9.17, 15) is 8.42 Å². The van der Waals surface area contributed by atoms with E-state index < -0.39 is 10.0 Å². The molecule has 2 saturated heterocycles. The van der Waals surface area contributed by atoms with Crippen molar-refractivity contribution in [3.05, 3.63) is 30.6 Å². The predicted octanol–water partition coefficient (Wildman–Crippen LogP) is 1.41. The molecule has 33 heavy (non-hydrogen) atoms. The number of benzene rings is 1. The van der Waals surface area contributed by atoms with Crippen LogP contribution in [0, 0.1) is 0 Å². The quantitative estimate of drug-likeness (QED) is 0.477. The zero-order valence-electron chi connectivity index (χ0n) is 18.2. The summed E-state index contributed by atoms with van der Waals surface area (Å²) < 4.78 is 33.0. The first kappa shape index (κ1) is 20.5. The summed E-state index contributed by atoms with van der Waals surface area (Å²) in [5, 5.41) is 13.7.